The third-order valence-electron chi connectivity index (χ3n) is 4.17. The summed E-state index contributed by atoms with van der Waals surface area (Å²) in [7, 11) is 0. The van der Waals surface area contributed by atoms with Crippen molar-refractivity contribution >= 4 is 17.5 Å². The lowest BCUT2D eigenvalue weighted by Crippen LogP contribution is -2.50. The van der Waals surface area contributed by atoms with Crippen molar-refractivity contribution < 1.29 is 13.6 Å². The summed E-state index contributed by atoms with van der Waals surface area (Å²) in [5.41, 5.74) is 2.51. The Labute approximate surface area is 139 Å². The molecule has 1 saturated heterocycles. The summed E-state index contributed by atoms with van der Waals surface area (Å²) in [6.07, 6.45) is 1.44. The molecule has 2 unspecified atom stereocenters. The number of carbonyl (C=O) groups excluding carboxylic acids is 1. The number of alkyl halides is 3. The van der Waals surface area contributed by atoms with E-state index in [9.17, 15) is 13.6 Å². The third kappa shape index (κ3) is 3.77. The minimum atomic E-state index is -2.76. The van der Waals surface area contributed by atoms with Crippen LogP contribution in [0.25, 0.3) is 0 Å². The third-order valence-corrected chi connectivity index (χ3v) is 4.44. The fourth-order valence-corrected chi connectivity index (χ4v) is 2.78. The van der Waals surface area contributed by atoms with Crippen LogP contribution in [-0.2, 0) is 4.79 Å². The molecule has 23 heavy (non-hydrogen) atoms. The van der Waals surface area contributed by atoms with Gasteiger partial charge < -0.3 is 0 Å². The van der Waals surface area contributed by atoms with Gasteiger partial charge in [0.15, 0.2) is 0 Å². The van der Waals surface area contributed by atoms with Gasteiger partial charge in [0.25, 0.3) is 6.43 Å². The molecule has 128 valence electrons. The molecule has 2 atom stereocenters. The summed E-state index contributed by atoms with van der Waals surface area (Å²) in [6.45, 7) is 3.64. The van der Waals surface area contributed by atoms with Crippen molar-refractivity contribution in [2.45, 2.75) is 45.6 Å². The molecule has 1 fully saturated rings. The van der Waals surface area contributed by atoms with Crippen LogP contribution in [0, 0.1) is 12.3 Å². The van der Waals surface area contributed by atoms with Gasteiger partial charge in [-0.05, 0) is 33.1 Å². The summed E-state index contributed by atoms with van der Waals surface area (Å²) in [5, 5.41) is 1.29. The Morgan fingerprint density at radius 2 is 2.26 bits per heavy atom. The van der Waals surface area contributed by atoms with Crippen LogP contribution in [-0.4, -0.2) is 39.7 Å². The summed E-state index contributed by atoms with van der Waals surface area (Å²) >= 11 is 5.61. The zero-order valence-electron chi connectivity index (χ0n) is 13.2. The minimum absolute atomic E-state index is 0.0392. The maximum Gasteiger partial charge on any atom is 0.252 e. The molecule has 5 nitrogen and oxygen atoms in total. The highest BCUT2D eigenvalue weighted by Gasteiger charge is 2.47. The molecule has 0 spiro atoms. The summed E-state index contributed by atoms with van der Waals surface area (Å²) in [4.78, 5) is 21.2. The molecule has 0 radical (unpaired) electrons. The number of carbonyl (C=O) groups is 1. The molecule has 8 heteroatoms. The number of hydrogen-bond acceptors (Lipinski definition) is 4. The molecular formula is C15H21ClF2N4O. The topological polar surface area (TPSA) is 58.1 Å². The lowest BCUT2D eigenvalue weighted by molar-refractivity contribution is -0.155. The quantitative estimate of drug-likeness (QED) is 0.805. The molecular weight excluding hydrogens is 326 g/mol. The van der Waals surface area contributed by atoms with Crippen molar-refractivity contribution in [3.05, 3.63) is 23.8 Å². The van der Waals surface area contributed by atoms with Crippen molar-refractivity contribution in [3.8, 4) is 0 Å². The number of hydrazine groups is 1. The van der Waals surface area contributed by atoms with Crippen molar-refractivity contribution in [1.29, 1.82) is 0 Å². The number of nitrogens with zero attached hydrogens (tertiary/aromatic N) is 3. The molecule has 0 bridgehead atoms. The van der Waals surface area contributed by atoms with E-state index < -0.39 is 17.7 Å². The number of aromatic nitrogens is 2. The van der Waals surface area contributed by atoms with E-state index in [-0.39, 0.29) is 18.3 Å². The van der Waals surface area contributed by atoms with Gasteiger partial charge in [-0.1, -0.05) is 0 Å². The second kappa shape index (κ2) is 7.49. The monoisotopic (exact) mass is 346 g/mol. The van der Waals surface area contributed by atoms with Gasteiger partial charge >= 0.3 is 0 Å². The molecule has 1 amide bonds. The smallest absolute Gasteiger partial charge is 0.252 e. The zero-order valence-corrected chi connectivity index (χ0v) is 14.0. The second-order valence-corrected chi connectivity index (χ2v) is 6.36. The van der Waals surface area contributed by atoms with Crippen LogP contribution in [0.5, 0.6) is 0 Å². The van der Waals surface area contributed by atoms with Crippen molar-refractivity contribution in [2.24, 2.45) is 5.41 Å². The van der Waals surface area contributed by atoms with Gasteiger partial charge in [0, 0.05) is 18.6 Å². The van der Waals surface area contributed by atoms with Crippen LogP contribution < -0.4 is 5.43 Å². The fraction of sp³-hybridized carbons (Fsp3) is 0.667. The Bertz CT molecular complexity index is 543. The van der Waals surface area contributed by atoms with E-state index in [0.29, 0.717) is 25.1 Å². The first-order valence-electron chi connectivity index (χ1n) is 7.60. The first-order chi connectivity index (χ1) is 10.9. The van der Waals surface area contributed by atoms with Crippen LogP contribution in [0.3, 0.4) is 0 Å². The van der Waals surface area contributed by atoms with E-state index in [1.165, 1.54) is 11.9 Å². The standard InChI is InChI=1S/C15H21ClF2N4O/c1-10-8-20-11(9-19-10)12-4-7-21-22(12)14(23)15(2,13(17)18)5-3-6-16/h8-9,12-13,21H,3-7H2,1-2H3. The number of rotatable bonds is 6. The highest BCUT2D eigenvalue weighted by molar-refractivity contribution is 6.17. The van der Waals surface area contributed by atoms with E-state index in [2.05, 4.69) is 15.4 Å². The van der Waals surface area contributed by atoms with Gasteiger partial charge in [0.05, 0.1) is 23.6 Å². The first-order valence-corrected chi connectivity index (χ1v) is 8.13. The van der Waals surface area contributed by atoms with Gasteiger partial charge in [-0.25, -0.2) is 14.2 Å². The normalized spacial score (nSPS) is 20.8. The van der Waals surface area contributed by atoms with Gasteiger partial charge in [0.1, 0.15) is 5.41 Å². The number of aryl methyl sites for hydroxylation is 1. The predicted octanol–water partition coefficient (Wildman–Crippen LogP) is 2.85. The number of nitrogens with one attached hydrogen (secondary N) is 1. The summed E-state index contributed by atoms with van der Waals surface area (Å²) in [5.74, 6) is -0.377. The van der Waals surface area contributed by atoms with E-state index >= 15 is 0 Å². The average Bonchev–Trinajstić information content (AvgIpc) is 3.01. The van der Waals surface area contributed by atoms with Gasteiger partial charge in [-0.2, -0.15) is 0 Å². The van der Waals surface area contributed by atoms with E-state index in [1.807, 2.05) is 6.92 Å². The lowest BCUT2D eigenvalue weighted by Gasteiger charge is -2.34. The Morgan fingerprint density at radius 3 is 2.83 bits per heavy atom. The SMILES string of the molecule is Cc1cnc(C2CCNN2C(=O)C(C)(CCCCl)C(F)F)cn1. The molecule has 1 N–H and O–H groups in total. The van der Waals surface area contributed by atoms with Crippen LogP contribution in [0.2, 0.25) is 0 Å². The second-order valence-electron chi connectivity index (χ2n) is 5.98. The summed E-state index contributed by atoms with van der Waals surface area (Å²) in [6, 6.07) is -0.385. The maximum atomic E-state index is 13.5. The maximum absolute atomic E-state index is 13.5. The number of amides is 1. The fourth-order valence-electron chi connectivity index (χ4n) is 2.65. The van der Waals surface area contributed by atoms with Crippen LogP contribution in [0.4, 0.5) is 8.78 Å². The van der Waals surface area contributed by atoms with E-state index in [4.69, 9.17) is 11.6 Å². The molecule has 0 saturated carbocycles. The van der Waals surface area contributed by atoms with Gasteiger partial charge in [-0.3, -0.25) is 19.8 Å². The molecule has 0 aromatic carbocycles. The molecule has 1 aromatic heterocycles. The Balaban J connectivity index is 2.23. The molecule has 2 rings (SSSR count). The number of hydrogen-bond donors (Lipinski definition) is 1. The van der Waals surface area contributed by atoms with Crippen molar-refractivity contribution in [2.75, 3.05) is 12.4 Å². The average molecular weight is 347 g/mol. The van der Waals surface area contributed by atoms with Crippen molar-refractivity contribution in [3.63, 3.8) is 0 Å². The van der Waals surface area contributed by atoms with Crippen molar-refractivity contribution in [1.82, 2.24) is 20.4 Å². The molecule has 1 aliphatic heterocycles. The van der Waals surface area contributed by atoms with E-state index in [1.54, 1.807) is 12.4 Å². The van der Waals surface area contributed by atoms with Crippen LogP contribution in [0.15, 0.2) is 12.4 Å². The lowest BCUT2D eigenvalue weighted by atomic mass is 9.84. The largest absolute Gasteiger partial charge is 0.273 e. The Kier molecular flexibility index (Phi) is 5.86. The zero-order chi connectivity index (χ0) is 17.0. The number of halogens is 3. The van der Waals surface area contributed by atoms with E-state index in [0.717, 1.165) is 5.69 Å². The molecule has 1 aliphatic rings. The molecule has 2 heterocycles. The highest BCUT2D eigenvalue weighted by atomic mass is 35.5. The van der Waals surface area contributed by atoms with Crippen LogP contribution in [0.1, 0.15) is 43.6 Å². The van der Waals surface area contributed by atoms with Gasteiger partial charge in [0.2, 0.25) is 5.91 Å². The minimum Gasteiger partial charge on any atom is -0.273 e. The highest BCUT2D eigenvalue weighted by Crippen LogP contribution is 2.37. The first kappa shape index (κ1) is 18.0. The Hall–Kier alpha value is -1.34. The Morgan fingerprint density at radius 1 is 1.52 bits per heavy atom. The molecule has 0 aliphatic carbocycles. The van der Waals surface area contributed by atoms with Gasteiger partial charge in [-0.15, -0.1) is 11.6 Å². The summed E-state index contributed by atoms with van der Waals surface area (Å²) < 4.78 is 27.1. The van der Waals surface area contributed by atoms with Crippen LogP contribution >= 0.6 is 11.6 Å². The predicted molar refractivity (Wildman–Crippen MR) is 83.0 cm³/mol. The molecule has 1 aromatic rings.